The molecular weight excluding hydrogens is 226 g/mol. The third-order valence-electron chi connectivity index (χ3n) is 3.68. The minimum atomic E-state index is 0.144. The van der Waals surface area contributed by atoms with Crippen LogP contribution in [0.15, 0.2) is 24.5 Å². The fourth-order valence-corrected chi connectivity index (χ4v) is 2.67. The number of fused-ring (bicyclic) bond motifs is 1. The van der Waals surface area contributed by atoms with Crippen molar-refractivity contribution in [3.63, 3.8) is 0 Å². The van der Waals surface area contributed by atoms with Gasteiger partial charge in [0.15, 0.2) is 0 Å². The zero-order valence-electron chi connectivity index (χ0n) is 10.3. The summed E-state index contributed by atoms with van der Waals surface area (Å²) in [5.41, 5.74) is 2.60. The van der Waals surface area contributed by atoms with Crippen molar-refractivity contribution in [2.24, 2.45) is 5.92 Å². The molecule has 2 N–H and O–H groups in total. The highest BCUT2D eigenvalue weighted by molar-refractivity contribution is 6.00. The van der Waals surface area contributed by atoms with Crippen molar-refractivity contribution >= 4 is 22.6 Å². The van der Waals surface area contributed by atoms with Crippen molar-refractivity contribution in [3.8, 4) is 0 Å². The average molecular weight is 243 g/mol. The molecule has 1 fully saturated rings. The van der Waals surface area contributed by atoms with Crippen molar-refractivity contribution in [2.45, 2.75) is 32.1 Å². The van der Waals surface area contributed by atoms with Crippen molar-refractivity contribution in [1.82, 2.24) is 9.97 Å². The molecule has 1 aromatic heterocycles. The molecule has 0 bridgehead atoms. The number of hydrogen-bond donors (Lipinski definition) is 2. The van der Waals surface area contributed by atoms with E-state index in [1.54, 1.807) is 6.33 Å². The number of nitrogens with zero attached hydrogens (tertiary/aromatic N) is 1. The van der Waals surface area contributed by atoms with Crippen LogP contribution in [0.1, 0.15) is 32.1 Å². The highest BCUT2D eigenvalue weighted by Crippen LogP contribution is 2.26. The minimum Gasteiger partial charge on any atom is -0.345 e. The van der Waals surface area contributed by atoms with Crippen LogP contribution >= 0.6 is 0 Å². The van der Waals surface area contributed by atoms with E-state index in [9.17, 15) is 4.79 Å². The van der Waals surface area contributed by atoms with Gasteiger partial charge in [0.25, 0.3) is 0 Å². The summed E-state index contributed by atoms with van der Waals surface area (Å²) in [6, 6.07) is 5.79. The first-order valence-corrected chi connectivity index (χ1v) is 6.57. The lowest BCUT2D eigenvalue weighted by molar-refractivity contribution is -0.120. The molecule has 4 nitrogen and oxygen atoms in total. The Labute approximate surface area is 106 Å². The van der Waals surface area contributed by atoms with Crippen LogP contribution < -0.4 is 5.32 Å². The molecule has 1 amide bonds. The van der Waals surface area contributed by atoms with Gasteiger partial charge in [0.1, 0.15) is 5.52 Å². The standard InChI is InChI=1S/C14H17N3O/c18-14(10-5-2-1-3-6-10)17-12-8-4-7-11-13(12)16-9-15-11/h4,7-10H,1-3,5-6H2,(H,15,16)(H,17,18). The van der Waals surface area contributed by atoms with Gasteiger partial charge in [0, 0.05) is 5.92 Å². The van der Waals surface area contributed by atoms with Gasteiger partial charge in [0.2, 0.25) is 5.91 Å². The van der Waals surface area contributed by atoms with Gasteiger partial charge in [0.05, 0.1) is 17.5 Å². The van der Waals surface area contributed by atoms with E-state index in [0.29, 0.717) is 0 Å². The van der Waals surface area contributed by atoms with Crippen molar-refractivity contribution < 1.29 is 4.79 Å². The number of anilines is 1. The van der Waals surface area contributed by atoms with Gasteiger partial charge in [-0.1, -0.05) is 25.3 Å². The maximum Gasteiger partial charge on any atom is 0.227 e. The van der Waals surface area contributed by atoms with Crippen LogP contribution in [0.25, 0.3) is 11.0 Å². The van der Waals surface area contributed by atoms with Crippen LogP contribution in [0.2, 0.25) is 0 Å². The Morgan fingerprint density at radius 2 is 2.11 bits per heavy atom. The minimum absolute atomic E-state index is 0.144. The van der Waals surface area contributed by atoms with Crippen LogP contribution in [0.3, 0.4) is 0 Å². The first kappa shape index (κ1) is 11.3. The summed E-state index contributed by atoms with van der Waals surface area (Å²) in [6.07, 6.45) is 7.29. The van der Waals surface area contributed by atoms with Gasteiger partial charge in [-0.3, -0.25) is 4.79 Å². The Bertz CT molecular complexity index is 555. The first-order valence-electron chi connectivity index (χ1n) is 6.57. The lowest BCUT2D eigenvalue weighted by Crippen LogP contribution is -2.24. The zero-order chi connectivity index (χ0) is 12.4. The topological polar surface area (TPSA) is 57.8 Å². The summed E-state index contributed by atoms with van der Waals surface area (Å²) < 4.78 is 0. The number of nitrogens with one attached hydrogen (secondary N) is 2. The lowest BCUT2D eigenvalue weighted by atomic mass is 9.88. The van der Waals surface area contributed by atoms with E-state index in [1.165, 1.54) is 19.3 Å². The third-order valence-corrected chi connectivity index (χ3v) is 3.68. The number of rotatable bonds is 2. The number of para-hydroxylation sites is 1. The molecule has 0 radical (unpaired) electrons. The second-order valence-corrected chi connectivity index (χ2v) is 4.93. The quantitative estimate of drug-likeness (QED) is 0.851. The summed E-state index contributed by atoms with van der Waals surface area (Å²) >= 11 is 0. The summed E-state index contributed by atoms with van der Waals surface area (Å²) in [6.45, 7) is 0. The Balaban J connectivity index is 1.79. The maximum atomic E-state index is 12.2. The normalized spacial score (nSPS) is 16.9. The van der Waals surface area contributed by atoms with Crippen molar-refractivity contribution in [3.05, 3.63) is 24.5 Å². The van der Waals surface area contributed by atoms with Crippen LogP contribution in [-0.4, -0.2) is 15.9 Å². The van der Waals surface area contributed by atoms with Gasteiger partial charge in [-0.05, 0) is 25.0 Å². The number of aromatic nitrogens is 2. The molecule has 3 rings (SSSR count). The monoisotopic (exact) mass is 243 g/mol. The Hall–Kier alpha value is -1.84. The van der Waals surface area contributed by atoms with Crippen LogP contribution in [0, 0.1) is 5.92 Å². The van der Waals surface area contributed by atoms with Crippen LogP contribution in [-0.2, 0) is 4.79 Å². The molecule has 0 unspecified atom stereocenters. The molecule has 0 atom stereocenters. The number of hydrogen-bond acceptors (Lipinski definition) is 2. The Morgan fingerprint density at radius 3 is 2.94 bits per heavy atom. The molecule has 1 aliphatic carbocycles. The average Bonchev–Trinajstić information content (AvgIpc) is 2.89. The fourth-order valence-electron chi connectivity index (χ4n) is 2.67. The first-order chi connectivity index (χ1) is 8.84. The molecule has 2 aromatic rings. The number of H-pyrrole nitrogens is 1. The summed E-state index contributed by atoms with van der Waals surface area (Å²) in [4.78, 5) is 19.5. The second kappa shape index (κ2) is 4.80. The van der Waals surface area contributed by atoms with Gasteiger partial charge < -0.3 is 10.3 Å². The lowest BCUT2D eigenvalue weighted by Gasteiger charge is -2.20. The van der Waals surface area contributed by atoms with Gasteiger partial charge in [-0.25, -0.2) is 4.98 Å². The molecule has 1 saturated carbocycles. The highest BCUT2D eigenvalue weighted by atomic mass is 16.1. The molecule has 0 aliphatic heterocycles. The number of carbonyl (C=O) groups is 1. The smallest absolute Gasteiger partial charge is 0.227 e. The predicted octanol–water partition coefficient (Wildman–Crippen LogP) is 3.08. The Kier molecular flexibility index (Phi) is 3.00. The molecule has 0 saturated heterocycles. The molecule has 18 heavy (non-hydrogen) atoms. The van der Waals surface area contributed by atoms with E-state index >= 15 is 0 Å². The maximum absolute atomic E-state index is 12.2. The number of aromatic amines is 1. The SMILES string of the molecule is O=C(Nc1cccc2[nH]cnc12)C1CCCCC1. The molecular formula is C14H17N3O. The van der Waals surface area contributed by atoms with E-state index in [1.807, 2.05) is 18.2 Å². The highest BCUT2D eigenvalue weighted by Gasteiger charge is 2.21. The van der Waals surface area contributed by atoms with E-state index in [-0.39, 0.29) is 11.8 Å². The number of amides is 1. The molecule has 1 aromatic carbocycles. The Morgan fingerprint density at radius 1 is 1.28 bits per heavy atom. The van der Waals surface area contributed by atoms with Gasteiger partial charge >= 0.3 is 0 Å². The molecule has 4 heteroatoms. The predicted molar refractivity (Wildman–Crippen MR) is 71.3 cm³/mol. The molecule has 0 spiro atoms. The second-order valence-electron chi connectivity index (χ2n) is 4.93. The molecule has 1 aliphatic rings. The van der Waals surface area contributed by atoms with Crippen LogP contribution in [0.5, 0.6) is 0 Å². The van der Waals surface area contributed by atoms with Gasteiger partial charge in [-0.2, -0.15) is 0 Å². The third kappa shape index (κ3) is 2.10. The summed E-state index contributed by atoms with van der Waals surface area (Å²) in [5.74, 6) is 0.318. The zero-order valence-corrected chi connectivity index (χ0v) is 10.3. The van der Waals surface area contributed by atoms with E-state index in [0.717, 1.165) is 29.6 Å². The van der Waals surface area contributed by atoms with E-state index in [2.05, 4.69) is 15.3 Å². The van der Waals surface area contributed by atoms with Gasteiger partial charge in [-0.15, -0.1) is 0 Å². The summed E-state index contributed by atoms with van der Waals surface area (Å²) in [7, 11) is 0. The molecule has 1 heterocycles. The summed E-state index contributed by atoms with van der Waals surface area (Å²) in [5, 5.41) is 3.02. The van der Waals surface area contributed by atoms with Crippen molar-refractivity contribution in [2.75, 3.05) is 5.32 Å². The number of benzene rings is 1. The van der Waals surface area contributed by atoms with E-state index in [4.69, 9.17) is 0 Å². The number of imidazole rings is 1. The number of carbonyl (C=O) groups excluding carboxylic acids is 1. The molecule has 94 valence electrons. The van der Waals surface area contributed by atoms with Crippen molar-refractivity contribution in [1.29, 1.82) is 0 Å². The van der Waals surface area contributed by atoms with E-state index < -0.39 is 0 Å². The van der Waals surface area contributed by atoms with Crippen LogP contribution in [0.4, 0.5) is 5.69 Å². The largest absolute Gasteiger partial charge is 0.345 e. The fraction of sp³-hybridized carbons (Fsp3) is 0.429.